The molecule has 1 aliphatic rings. The lowest BCUT2D eigenvalue weighted by molar-refractivity contribution is 0.765. The van der Waals surface area contributed by atoms with Crippen molar-refractivity contribution < 1.29 is 0 Å². The molecule has 0 amide bonds. The van der Waals surface area contributed by atoms with Crippen LogP contribution in [0, 0.1) is 0 Å². The zero-order chi connectivity index (χ0) is 15.0. The molecular formula is C15H12BrCl2N3. The summed E-state index contributed by atoms with van der Waals surface area (Å²) in [4.78, 5) is 6.36. The van der Waals surface area contributed by atoms with Gasteiger partial charge in [-0.25, -0.2) is 0 Å². The highest BCUT2D eigenvalue weighted by Gasteiger charge is 2.30. The standard InChI is InChI=1S/C15H12BrCl2N3/c16-13-6-3-10(18)7-12(13)14-8-20-15(19)21(14)11-4-1-9(17)2-5-11/h1-7,14H,8H2,(H2,19,20). The summed E-state index contributed by atoms with van der Waals surface area (Å²) in [5, 5.41) is 1.38. The van der Waals surface area contributed by atoms with Crippen LogP contribution < -0.4 is 10.6 Å². The van der Waals surface area contributed by atoms with E-state index in [1.165, 1.54) is 0 Å². The molecule has 0 aliphatic carbocycles. The molecule has 2 aromatic rings. The van der Waals surface area contributed by atoms with E-state index >= 15 is 0 Å². The molecule has 108 valence electrons. The average Bonchev–Trinajstić information content (AvgIpc) is 2.84. The van der Waals surface area contributed by atoms with E-state index in [0.29, 0.717) is 22.5 Å². The van der Waals surface area contributed by atoms with E-state index in [1.807, 2.05) is 47.4 Å². The smallest absolute Gasteiger partial charge is 0.196 e. The van der Waals surface area contributed by atoms with Crippen molar-refractivity contribution in [3.63, 3.8) is 0 Å². The van der Waals surface area contributed by atoms with E-state index in [2.05, 4.69) is 20.9 Å². The molecule has 6 heteroatoms. The second kappa shape index (κ2) is 5.87. The van der Waals surface area contributed by atoms with Gasteiger partial charge in [0.25, 0.3) is 0 Å². The minimum Gasteiger partial charge on any atom is -0.369 e. The Bertz CT molecular complexity index is 701. The second-order valence-corrected chi connectivity index (χ2v) is 6.45. The molecule has 0 aromatic heterocycles. The van der Waals surface area contributed by atoms with Crippen LogP contribution in [0.5, 0.6) is 0 Å². The Hall–Kier alpha value is -1.23. The van der Waals surface area contributed by atoms with Crippen LogP contribution in [0.3, 0.4) is 0 Å². The Morgan fingerprint density at radius 2 is 1.76 bits per heavy atom. The molecule has 3 rings (SSSR count). The molecule has 0 spiro atoms. The van der Waals surface area contributed by atoms with E-state index in [4.69, 9.17) is 28.9 Å². The molecule has 0 bridgehead atoms. The average molecular weight is 385 g/mol. The molecule has 1 unspecified atom stereocenters. The van der Waals surface area contributed by atoms with Crippen LogP contribution in [0.1, 0.15) is 11.6 Å². The topological polar surface area (TPSA) is 41.6 Å². The molecule has 0 saturated carbocycles. The second-order valence-electron chi connectivity index (χ2n) is 4.73. The molecule has 1 aliphatic heterocycles. The summed E-state index contributed by atoms with van der Waals surface area (Å²) < 4.78 is 0.987. The Morgan fingerprint density at radius 1 is 1.10 bits per heavy atom. The van der Waals surface area contributed by atoms with Crippen LogP contribution in [0.15, 0.2) is 51.9 Å². The van der Waals surface area contributed by atoms with Crippen molar-refractivity contribution in [1.82, 2.24) is 0 Å². The minimum absolute atomic E-state index is 0.0132. The lowest BCUT2D eigenvalue weighted by atomic mass is 10.1. The van der Waals surface area contributed by atoms with Crippen LogP contribution in [-0.4, -0.2) is 12.5 Å². The largest absolute Gasteiger partial charge is 0.369 e. The summed E-state index contributed by atoms with van der Waals surface area (Å²) >= 11 is 15.6. The van der Waals surface area contributed by atoms with Gasteiger partial charge in [-0.3, -0.25) is 4.99 Å². The van der Waals surface area contributed by atoms with Crippen LogP contribution in [0.2, 0.25) is 10.0 Å². The fourth-order valence-corrected chi connectivity index (χ4v) is 3.24. The van der Waals surface area contributed by atoms with Crippen molar-refractivity contribution in [2.75, 3.05) is 11.4 Å². The SMILES string of the molecule is NC1=NCC(c2cc(Cl)ccc2Br)N1c1ccc(Cl)cc1. The number of guanidine groups is 1. The highest BCUT2D eigenvalue weighted by molar-refractivity contribution is 9.10. The van der Waals surface area contributed by atoms with Crippen molar-refractivity contribution in [3.8, 4) is 0 Å². The normalized spacial score (nSPS) is 18.0. The first-order valence-electron chi connectivity index (χ1n) is 6.36. The predicted octanol–water partition coefficient (Wildman–Crippen LogP) is 4.63. The number of anilines is 1. The van der Waals surface area contributed by atoms with Gasteiger partial charge in [-0.15, -0.1) is 0 Å². The predicted molar refractivity (Wildman–Crippen MR) is 92.3 cm³/mol. The molecule has 2 N–H and O–H groups in total. The highest BCUT2D eigenvalue weighted by atomic mass is 79.9. The summed E-state index contributed by atoms with van der Waals surface area (Å²) in [5.41, 5.74) is 8.07. The van der Waals surface area contributed by atoms with Gasteiger partial charge in [0.15, 0.2) is 5.96 Å². The third-order valence-corrected chi connectivity index (χ3v) is 4.62. The van der Waals surface area contributed by atoms with Gasteiger partial charge in [-0.2, -0.15) is 0 Å². The molecule has 0 fully saturated rings. The zero-order valence-corrected chi connectivity index (χ0v) is 14.0. The Labute approximate surface area is 141 Å². The first kappa shape index (κ1) is 14.7. The lowest BCUT2D eigenvalue weighted by Crippen LogP contribution is -2.36. The van der Waals surface area contributed by atoms with Crippen molar-refractivity contribution in [1.29, 1.82) is 0 Å². The maximum absolute atomic E-state index is 6.12. The van der Waals surface area contributed by atoms with Gasteiger partial charge in [0, 0.05) is 20.2 Å². The summed E-state index contributed by atoms with van der Waals surface area (Å²) in [6.07, 6.45) is 0. The van der Waals surface area contributed by atoms with Crippen molar-refractivity contribution in [2.45, 2.75) is 6.04 Å². The first-order valence-corrected chi connectivity index (χ1v) is 7.91. The van der Waals surface area contributed by atoms with Gasteiger partial charge in [0.1, 0.15) is 0 Å². The molecule has 1 heterocycles. The number of halogens is 3. The van der Waals surface area contributed by atoms with Gasteiger partial charge in [-0.05, 0) is 48.0 Å². The molecule has 0 saturated heterocycles. The third-order valence-electron chi connectivity index (χ3n) is 3.41. The van der Waals surface area contributed by atoms with Gasteiger partial charge in [0.05, 0.1) is 12.6 Å². The maximum Gasteiger partial charge on any atom is 0.196 e. The maximum atomic E-state index is 6.12. The van der Waals surface area contributed by atoms with E-state index in [0.717, 1.165) is 15.7 Å². The van der Waals surface area contributed by atoms with Crippen molar-refractivity contribution in [2.24, 2.45) is 10.7 Å². The van der Waals surface area contributed by atoms with Crippen LogP contribution in [-0.2, 0) is 0 Å². The first-order chi connectivity index (χ1) is 10.1. The number of benzene rings is 2. The van der Waals surface area contributed by atoms with Gasteiger partial charge in [-0.1, -0.05) is 39.1 Å². The number of hydrogen-bond acceptors (Lipinski definition) is 3. The molecule has 1 atom stereocenters. The lowest BCUT2D eigenvalue weighted by Gasteiger charge is -2.27. The quantitative estimate of drug-likeness (QED) is 0.819. The minimum atomic E-state index is 0.0132. The molecular weight excluding hydrogens is 373 g/mol. The number of hydrogen-bond donors (Lipinski definition) is 1. The van der Waals surface area contributed by atoms with Crippen LogP contribution in [0.25, 0.3) is 0 Å². The third kappa shape index (κ3) is 2.89. The number of rotatable bonds is 2. The van der Waals surface area contributed by atoms with Gasteiger partial charge in [0.2, 0.25) is 0 Å². The molecule has 2 aromatic carbocycles. The van der Waals surface area contributed by atoms with Gasteiger partial charge >= 0.3 is 0 Å². The van der Waals surface area contributed by atoms with E-state index in [-0.39, 0.29) is 6.04 Å². The zero-order valence-electron chi connectivity index (χ0n) is 10.9. The highest BCUT2D eigenvalue weighted by Crippen LogP contribution is 2.36. The van der Waals surface area contributed by atoms with E-state index in [9.17, 15) is 0 Å². The number of aliphatic imine (C=N–C) groups is 1. The molecule has 21 heavy (non-hydrogen) atoms. The number of nitrogens with zero attached hydrogens (tertiary/aromatic N) is 2. The van der Waals surface area contributed by atoms with E-state index in [1.54, 1.807) is 0 Å². The Kier molecular flexibility index (Phi) is 4.11. The van der Waals surface area contributed by atoms with E-state index < -0.39 is 0 Å². The summed E-state index contributed by atoms with van der Waals surface area (Å²) in [6.45, 7) is 0.591. The van der Waals surface area contributed by atoms with Crippen LogP contribution in [0.4, 0.5) is 5.69 Å². The monoisotopic (exact) mass is 383 g/mol. The van der Waals surface area contributed by atoms with Crippen molar-refractivity contribution in [3.05, 3.63) is 62.5 Å². The molecule has 0 radical (unpaired) electrons. The van der Waals surface area contributed by atoms with Gasteiger partial charge < -0.3 is 10.6 Å². The fraction of sp³-hybridized carbons (Fsp3) is 0.133. The summed E-state index contributed by atoms with van der Waals surface area (Å²) in [7, 11) is 0. The Morgan fingerprint density at radius 3 is 2.48 bits per heavy atom. The van der Waals surface area contributed by atoms with Crippen molar-refractivity contribution >= 4 is 50.8 Å². The summed E-state index contributed by atoms with van der Waals surface area (Å²) in [6, 6.07) is 13.3. The summed E-state index contributed by atoms with van der Waals surface area (Å²) in [5.74, 6) is 0.495. The Balaban J connectivity index is 2.02. The number of nitrogens with two attached hydrogens (primary N) is 1. The molecule has 3 nitrogen and oxygen atoms in total. The van der Waals surface area contributed by atoms with Crippen LogP contribution >= 0.6 is 39.1 Å². The fourth-order valence-electron chi connectivity index (χ4n) is 2.42.